The first-order valence-corrected chi connectivity index (χ1v) is 7.18. The van der Waals surface area contributed by atoms with Gasteiger partial charge in [-0.1, -0.05) is 5.16 Å². The smallest absolute Gasteiger partial charge is 0.276 e. The lowest BCUT2D eigenvalue weighted by Crippen LogP contribution is -2.00. The molecule has 0 aliphatic carbocycles. The van der Waals surface area contributed by atoms with Gasteiger partial charge in [-0.25, -0.2) is 8.42 Å². The van der Waals surface area contributed by atoms with Crippen molar-refractivity contribution in [2.75, 3.05) is 0 Å². The molecule has 0 bridgehead atoms. The molecular formula is C10H9ClN2O4S. The third-order valence-corrected chi connectivity index (χ3v) is 3.85. The van der Waals surface area contributed by atoms with Crippen LogP contribution >= 0.6 is 10.7 Å². The van der Waals surface area contributed by atoms with Crippen LogP contribution in [0.4, 0.5) is 0 Å². The van der Waals surface area contributed by atoms with Gasteiger partial charge >= 0.3 is 0 Å². The first-order chi connectivity index (χ1) is 8.30. The van der Waals surface area contributed by atoms with E-state index in [1.807, 2.05) is 0 Å². The lowest BCUT2D eigenvalue weighted by Gasteiger charge is -1.95. The zero-order chi connectivity index (χ0) is 13.5. The fourth-order valence-electron chi connectivity index (χ4n) is 1.58. The van der Waals surface area contributed by atoms with Crippen molar-refractivity contribution in [1.82, 2.24) is 9.72 Å². The Labute approximate surface area is 108 Å². The van der Waals surface area contributed by atoms with Gasteiger partial charge in [0.1, 0.15) is 6.26 Å². The maximum atomic E-state index is 12.1. The number of aromatic nitrogens is 2. The van der Waals surface area contributed by atoms with Crippen molar-refractivity contribution in [1.29, 1.82) is 0 Å². The number of hydrogen-bond donors (Lipinski definition) is 0. The highest BCUT2D eigenvalue weighted by Crippen LogP contribution is 2.20. The number of ketones is 1. The molecule has 0 aromatic carbocycles. The van der Waals surface area contributed by atoms with Crippen LogP contribution in [-0.4, -0.2) is 23.9 Å². The molecular weight excluding hydrogens is 280 g/mol. The first kappa shape index (κ1) is 12.8. The number of halogens is 1. The Bertz CT molecular complexity index is 714. The zero-order valence-corrected chi connectivity index (χ0v) is 11.1. The van der Waals surface area contributed by atoms with Gasteiger partial charge in [-0.3, -0.25) is 4.79 Å². The van der Waals surface area contributed by atoms with E-state index < -0.39 is 9.05 Å². The molecule has 2 aromatic rings. The van der Waals surface area contributed by atoms with Crippen molar-refractivity contribution in [3.8, 4) is 0 Å². The van der Waals surface area contributed by atoms with Gasteiger partial charge in [-0.2, -0.15) is 0 Å². The molecule has 0 amide bonds. The predicted molar refractivity (Wildman–Crippen MR) is 63.1 cm³/mol. The van der Waals surface area contributed by atoms with Crippen molar-refractivity contribution in [2.24, 2.45) is 7.05 Å². The van der Waals surface area contributed by atoms with Gasteiger partial charge in [-0.15, -0.1) is 0 Å². The summed E-state index contributed by atoms with van der Waals surface area (Å²) in [4.78, 5) is 12.1. The Morgan fingerprint density at radius 3 is 2.61 bits per heavy atom. The fourth-order valence-corrected chi connectivity index (χ4v) is 2.70. The molecule has 2 heterocycles. The van der Waals surface area contributed by atoms with E-state index in [0.717, 1.165) is 0 Å². The molecule has 0 saturated heterocycles. The van der Waals surface area contributed by atoms with Crippen molar-refractivity contribution in [2.45, 2.75) is 11.9 Å². The van der Waals surface area contributed by atoms with E-state index in [0.29, 0.717) is 11.3 Å². The van der Waals surface area contributed by atoms with Crippen LogP contribution in [0.15, 0.2) is 28.1 Å². The Balaban J connectivity index is 2.49. The molecule has 6 nitrogen and oxygen atoms in total. The van der Waals surface area contributed by atoms with E-state index in [-0.39, 0.29) is 16.4 Å². The number of carbonyl (C=O) groups excluding carboxylic acids is 1. The monoisotopic (exact) mass is 288 g/mol. The molecule has 0 aliphatic heterocycles. The van der Waals surface area contributed by atoms with Crippen LogP contribution in [-0.2, 0) is 16.1 Å². The molecule has 96 valence electrons. The highest BCUT2D eigenvalue weighted by molar-refractivity contribution is 8.13. The number of carbonyl (C=O) groups is 1. The van der Waals surface area contributed by atoms with Crippen molar-refractivity contribution in [3.05, 3.63) is 35.3 Å². The standard InChI is InChI=1S/C10H9ClN2O4S/c1-6-8(5-17-12-6)10(14)7-3-9(13(2)4-7)18(11,15)16/h3-5H,1-2H3. The summed E-state index contributed by atoms with van der Waals surface area (Å²) >= 11 is 0. The molecule has 18 heavy (non-hydrogen) atoms. The molecule has 0 aliphatic rings. The lowest BCUT2D eigenvalue weighted by atomic mass is 10.1. The van der Waals surface area contributed by atoms with Gasteiger partial charge in [0, 0.05) is 29.5 Å². The molecule has 0 fully saturated rings. The second-order valence-electron chi connectivity index (χ2n) is 3.76. The fraction of sp³-hybridized carbons (Fsp3) is 0.200. The Kier molecular flexibility index (Phi) is 3.04. The SMILES string of the molecule is Cc1nocc1C(=O)c1cc(S(=O)(=O)Cl)n(C)c1. The molecule has 0 atom stereocenters. The summed E-state index contributed by atoms with van der Waals surface area (Å²) in [6, 6.07) is 1.22. The van der Waals surface area contributed by atoms with Gasteiger partial charge in [0.15, 0.2) is 10.8 Å². The summed E-state index contributed by atoms with van der Waals surface area (Å²) in [5.41, 5.74) is 0.946. The predicted octanol–water partition coefficient (Wildman–Crippen LogP) is 1.48. The van der Waals surface area contributed by atoms with E-state index in [9.17, 15) is 13.2 Å². The van der Waals surface area contributed by atoms with Gasteiger partial charge in [0.2, 0.25) is 0 Å². The molecule has 2 aromatic heterocycles. The Morgan fingerprint density at radius 2 is 2.17 bits per heavy atom. The average Bonchev–Trinajstić information content (AvgIpc) is 2.82. The minimum absolute atomic E-state index is 0.137. The number of aryl methyl sites for hydroxylation is 2. The quantitative estimate of drug-likeness (QED) is 0.631. The number of nitrogens with zero attached hydrogens (tertiary/aromatic N) is 2. The van der Waals surface area contributed by atoms with Gasteiger partial charge < -0.3 is 9.09 Å². The molecule has 0 saturated carbocycles. The van der Waals surface area contributed by atoms with Gasteiger partial charge in [0.05, 0.1) is 11.3 Å². The van der Waals surface area contributed by atoms with Gasteiger partial charge in [0.25, 0.3) is 9.05 Å². The first-order valence-electron chi connectivity index (χ1n) is 4.87. The number of hydrogen-bond acceptors (Lipinski definition) is 5. The Hall–Kier alpha value is -1.60. The highest BCUT2D eigenvalue weighted by atomic mass is 35.7. The maximum absolute atomic E-state index is 12.1. The van der Waals surface area contributed by atoms with E-state index >= 15 is 0 Å². The van der Waals surface area contributed by atoms with E-state index in [4.69, 9.17) is 10.7 Å². The summed E-state index contributed by atoms with van der Waals surface area (Å²) in [5.74, 6) is -0.365. The van der Waals surface area contributed by atoms with Gasteiger partial charge in [-0.05, 0) is 13.0 Å². The topological polar surface area (TPSA) is 82.2 Å². The van der Waals surface area contributed by atoms with Crippen molar-refractivity contribution < 1.29 is 17.7 Å². The minimum atomic E-state index is -3.88. The van der Waals surface area contributed by atoms with Crippen LogP contribution < -0.4 is 0 Å². The summed E-state index contributed by atoms with van der Waals surface area (Å²) in [6.45, 7) is 1.62. The molecule has 0 N–H and O–H groups in total. The minimum Gasteiger partial charge on any atom is -0.364 e. The normalized spacial score (nSPS) is 11.7. The third-order valence-electron chi connectivity index (χ3n) is 2.47. The van der Waals surface area contributed by atoms with E-state index in [2.05, 4.69) is 9.68 Å². The van der Waals surface area contributed by atoms with E-state index in [1.165, 1.54) is 30.1 Å². The summed E-state index contributed by atoms with van der Waals surface area (Å²) < 4.78 is 28.4. The molecule has 8 heteroatoms. The van der Waals surface area contributed by atoms with Crippen LogP contribution in [0.5, 0.6) is 0 Å². The van der Waals surface area contributed by atoms with Crippen LogP contribution in [0.25, 0.3) is 0 Å². The molecule has 2 rings (SSSR count). The molecule has 0 spiro atoms. The second-order valence-corrected chi connectivity index (χ2v) is 6.27. The summed E-state index contributed by atoms with van der Waals surface area (Å²) in [5, 5.41) is 3.46. The van der Waals surface area contributed by atoms with Crippen LogP contribution in [0.3, 0.4) is 0 Å². The van der Waals surface area contributed by atoms with Crippen LogP contribution in [0, 0.1) is 6.92 Å². The molecule has 0 radical (unpaired) electrons. The summed E-state index contributed by atoms with van der Waals surface area (Å²) in [7, 11) is 2.86. The van der Waals surface area contributed by atoms with Crippen molar-refractivity contribution >= 4 is 25.5 Å². The molecule has 0 unspecified atom stereocenters. The lowest BCUT2D eigenvalue weighted by molar-refractivity contribution is 0.103. The maximum Gasteiger partial charge on any atom is 0.276 e. The van der Waals surface area contributed by atoms with E-state index in [1.54, 1.807) is 6.92 Å². The number of rotatable bonds is 3. The summed E-state index contributed by atoms with van der Waals surface area (Å²) in [6.07, 6.45) is 2.61. The third kappa shape index (κ3) is 2.19. The highest BCUT2D eigenvalue weighted by Gasteiger charge is 2.21. The average molecular weight is 289 g/mol. The Morgan fingerprint density at radius 1 is 1.50 bits per heavy atom. The zero-order valence-electron chi connectivity index (χ0n) is 9.55. The van der Waals surface area contributed by atoms with Crippen LogP contribution in [0.1, 0.15) is 21.6 Å². The van der Waals surface area contributed by atoms with Crippen molar-refractivity contribution in [3.63, 3.8) is 0 Å². The second kappa shape index (κ2) is 4.25. The van der Waals surface area contributed by atoms with Crippen LogP contribution in [0.2, 0.25) is 0 Å². The largest absolute Gasteiger partial charge is 0.364 e.